The molecule has 17 nitrogen and oxygen atoms in total. The van der Waals surface area contributed by atoms with Crippen molar-refractivity contribution in [1.29, 1.82) is 0 Å². The Morgan fingerprint density at radius 3 is 1.76 bits per heavy atom. The lowest BCUT2D eigenvalue weighted by atomic mass is 9.93. The van der Waals surface area contributed by atoms with Gasteiger partial charge in [-0.3, -0.25) is 33.6 Å². The SMILES string of the molecule is COC(c1ccccc1)C1NC(=O)C(C)NC(=O)C(CC(C)CO)N(C)C(=O)C(C(O)C2=CC(C)c3ccccc32)NC(=O)C(C(C)C=C(C)C)NC(=O)C(CC(C)C)N(C)C(=O)C(C(C)C)NC1=O. The molecule has 2 aliphatic rings. The van der Waals surface area contributed by atoms with Gasteiger partial charge in [0.1, 0.15) is 54.5 Å². The van der Waals surface area contributed by atoms with Gasteiger partial charge in [0.25, 0.3) is 0 Å². The van der Waals surface area contributed by atoms with Crippen LogP contribution < -0.4 is 26.6 Å². The number of nitrogens with one attached hydrogen (secondary N) is 5. The lowest BCUT2D eigenvalue weighted by molar-refractivity contribution is -0.145. The Labute approximate surface area is 413 Å². The minimum atomic E-state index is -1.74. The van der Waals surface area contributed by atoms with E-state index >= 15 is 4.79 Å². The van der Waals surface area contributed by atoms with Crippen LogP contribution in [0.2, 0.25) is 0 Å². The van der Waals surface area contributed by atoms with E-state index in [1.165, 1.54) is 33.0 Å². The van der Waals surface area contributed by atoms with Crippen molar-refractivity contribution in [1.82, 2.24) is 36.4 Å². The van der Waals surface area contributed by atoms with E-state index in [9.17, 15) is 39.0 Å². The van der Waals surface area contributed by atoms with Gasteiger partial charge in [0, 0.05) is 39.6 Å². The fourth-order valence-electron chi connectivity index (χ4n) is 9.20. The van der Waals surface area contributed by atoms with E-state index in [0.717, 1.165) is 16.0 Å². The number of rotatable bonds is 13. The molecule has 12 unspecified atom stereocenters. The fourth-order valence-corrected chi connectivity index (χ4v) is 9.20. The third-order valence-electron chi connectivity index (χ3n) is 13.2. The molecule has 1 fully saturated rings. The second kappa shape index (κ2) is 25.3. The Kier molecular flexibility index (Phi) is 20.5. The molecule has 1 saturated heterocycles. The van der Waals surface area contributed by atoms with Crippen molar-refractivity contribution in [3.05, 3.63) is 89.0 Å². The summed E-state index contributed by atoms with van der Waals surface area (Å²) in [5.41, 5.74) is 3.27. The van der Waals surface area contributed by atoms with Crippen molar-refractivity contribution >= 4 is 46.9 Å². The van der Waals surface area contributed by atoms with Crippen LogP contribution in [0.25, 0.3) is 5.57 Å². The average molecular weight is 972 g/mol. The highest BCUT2D eigenvalue weighted by atomic mass is 16.5. The topological polar surface area (TPSA) is 236 Å². The zero-order valence-corrected chi connectivity index (χ0v) is 43.1. The maximum Gasteiger partial charge on any atom is 0.248 e. The quantitative estimate of drug-likeness (QED) is 0.145. The minimum absolute atomic E-state index is 0.102. The fraction of sp³-hybridized carbons (Fsp3) is 0.566. The number of fused-ring (bicyclic) bond motifs is 1. The van der Waals surface area contributed by atoms with Crippen LogP contribution in [-0.2, 0) is 38.3 Å². The van der Waals surface area contributed by atoms with Crippen molar-refractivity contribution < 1.29 is 48.5 Å². The Balaban J connectivity index is 1.97. The molecule has 2 aromatic carbocycles. The molecule has 0 aromatic heterocycles. The Hall–Kier alpha value is -5.91. The first-order valence-corrected chi connectivity index (χ1v) is 24.3. The maximum absolute atomic E-state index is 15.1. The first-order valence-electron chi connectivity index (χ1n) is 24.3. The molecule has 17 heteroatoms. The summed E-state index contributed by atoms with van der Waals surface area (Å²) in [5.74, 6) is -7.48. The maximum atomic E-state index is 15.1. The van der Waals surface area contributed by atoms with Gasteiger partial charge < -0.3 is 51.3 Å². The third-order valence-corrected chi connectivity index (χ3v) is 13.2. The molecule has 0 spiro atoms. The number of amides is 7. The predicted molar refractivity (Wildman–Crippen MR) is 267 cm³/mol. The number of hydrogen-bond donors (Lipinski definition) is 7. The molecule has 2 aromatic rings. The van der Waals surface area contributed by atoms with Crippen LogP contribution >= 0.6 is 0 Å². The van der Waals surface area contributed by atoms with Gasteiger partial charge >= 0.3 is 0 Å². The summed E-state index contributed by atoms with van der Waals surface area (Å²) in [4.78, 5) is 105. The number of ether oxygens (including phenoxy) is 1. The number of benzene rings is 2. The van der Waals surface area contributed by atoms with E-state index in [1.54, 1.807) is 70.2 Å². The summed E-state index contributed by atoms with van der Waals surface area (Å²) in [7, 11) is 4.16. The van der Waals surface area contributed by atoms with Crippen LogP contribution in [0.3, 0.4) is 0 Å². The van der Waals surface area contributed by atoms with Gasteiger partial charge in [-0.2, -0.15) is 0 Å². The zero-order chi connectivity index (χ0) is 52.3. The number of carbonyl (C=O) groups excluding carboxylic acids is 7. The molecule has 384 valence electrons. The van der Waals surface area contributed by atoms with Crippen molar-refractivity contribution in [3.63, 3.8) is 0 Å². The molecule has 4 rings (SSSR count). The highest BCUT2D eigenvalue weighted by Crippen LogP contribution is 2.38. The highest BCUT2D eigenvalue weighted by molar-refractivity contribution is 6.00. The van der Waals surface area contributed by atoms with Crippen LogP contribution in [0, 0.1) is 23.7 Å². The molecule has 7 amide bonds. The van der Waals surface area contributed by atoms with E-state index in [2.05, 4.69) is 26.6 Å². The van der Waals surface area contributed by atoms with Crippen molar-refractivity contribution in [2.45, 2.75) is 142 Å². The summed E-state index contributed by atoms with van der Waals surface area (Å²) in [5, 5.41) is 36.6. The summed E-state index contributed by atoms with van der Waals surface area (Å²) in [6.07, 6.45) is 0.885. The first kappa shape index (κ1) is 56.7. The van der Waals surface area contributed by atoms with Crippen LogP contribution in [0.5, 0.6) is 0 Å². The van der Waals surface area contributed by atoms with Crippen molar-refractivity contribution in [2.75, 3.05) is 27.8 Å². The van der Waals surface area contributed by atoms with Crippen LogP contribution in [0.1, 0.15) is 111 Å². The molecular formula is C53H77N7O10. The number of hydrogen-bond acceptors (Lipinski definition) is 10. The summed E-state index contributed by atoms with van der Waals surface area (Å²) in [6, 6.07) is 6.40. The summed E-state index contributed by atoms with van der Waals surface area (Å²) < 4.78 is 5.85. The standard InChI is InChI=1S/C53H77N7O10/c1-28(2)23-33(9)42-50(66)57-43(45(62)38-26-32(8)36-21-17-18-22-37(36)38)53(69)60(12)40(25-31(7)27-61)48(64)54-34(10)47(63)58-44(46(70-13)35-19-15-14-16-20-35)51(67)55-41(30(5)6)52(68)59(11)39(24-29(3)4)49(65)56-42/h14-23,26,29-34,39-46,61-62H,24-25,27H2,1-13H3,(H,54,64)(H,55,67)(H,56,65)(H,57,66)(H,58,63). The Morgan fingerprint density at radius 2 is 1.19 bits per heavy atom. The van der Waals surface area contributed by atoms with Crippen molar-refractivity contribution in [3.8, 4) is 0 Å². The zero-order valence-electron chi connectivity index (χ0n) is 43.1. The predicted octanol–water partition coefficient (Wildman–Crippen LogP) is 3.37. The van der Waals surface area contributed by atoms with Crippen LogP contribution in [0.4, 0.5) is 0 Å². The number of aliphatic hydroxyl groups is 2. The smallest absolute Gasteiger partial charge is 0.248 e. The summed E-state index contributed by atoms with van der Waals surface area (Å²) >= 11 is 0. The van der Waals surface area contributed by atoms with Gasteiger partial charge in [-0.05, 0) is 73.6 Å². The molecule has 12 atom stereocenters. The van der Waals surface area contributed by atoms with Crippen LogP contribution in [0.15, 0.2) is 72.3 Å². The molecule has 1 aliphatic heterocycles. The molecule has 1 heterocycles. The minimum Gasteiger partial charge on any atom is -0.396 e. The molecule has 1 aliphatic carbocycles. The Morgan fingerprint density at radius 1 is 0.671 bits per heavy atom. The largest absolute Gasteiger partial charge is 0.396 e. The van der Waals surface area contributed by atoms with Crippen molar-refractivity contribution in [2.24, 2.45) is 23.7 Å². The Bertz CT molecular complexity index is 2240. The third kappa shape index (κ3) is 13.9. The van der Waals surface area contributed by atoms with Crippen LogP contribution in [-0.4, -0.2) is 138 Å². The summed E-state index contributed by atoms with van der Waals surface area (Å²) in [6.45, 7) is 17.2. The van der Waals surface area contributed by atoms with E-state index in [1.807, 2.05) is 58.9 Å². The van der Waals surface area contributed by atoms with E-state index in [4.69, 9.17) is 4.74 Å². The molecule has 0 bridgehead atoms. The van der Waals surface area contributed by atoms with Gasteiger partial charge in [-0.15, -0.1) is 0 Å². The second-order valence-electron chi connectivity index (χ2n) is 20.1. The molecule has 0 saturated carbocycles. The first-order chi connectivity index (χ1) is 32.9. The molecule has 7 N–H and O–H groups in total. The van der Waals surface area contributed by atoms with Gasteiger partial charge in [-0.25, -0.2) is 0 Å². The second-order valence-corrected chi connectivity index (χ2v) is 20.1. The van der Waals surface area contributed by atoms with Gasteiger partial charge in [0.2, 0.25) is 41.4 Å². The van der Waals surface area contributed by atoms with Gasteiger partial charge in [0.05, 0.1) is 0 Å². The highest BCUT2D eigenvalue weighted by Gasteiger charge is 2.44. The number of carbonyl (C=O) groups is 7. The van der Waals surface area contributed by atoms with Gasteiger partial charge in [-0.1, -0.05) is 121 Å². The number of nitrogens with zero attached hydrogens (tertiary/aromatic N) is 2. The normalized spacial score (nSPS) is 26.4. The molecule has 70 heavy (non-hydrogen) atoms. The average Bonchev–Trinajstić information content (AvgIpc) is 3.66. The number of allylic oxidation sites excluding steroid dienone is 2. The van der Waals surface area contributed by atoms with E-state index in [-0.39, 0.29) is 31.3 Å². The lowest BCUT2D eigenvalue weighted by Gasteiger charge is -2.36. The van der Waals surface area contributed by atoms with E-state index in [0.29, 0.717) is 16.7 Å². The van der Waals surface area contributed by atoms with Gasteiger partial charge in [0.15, 0.2) is 0 Å². The number of likely N-dealkylation sites (N-methyl/N-ethyl adjacent to an activating group) is 2. The lowest BCUT2D eigenvalue weighted by Crippen LogP contribution is -2.63. The van der Waals surface area contributed by atoms with E-state index < -0.39 is 114 Å². The number of methoxy groups -OCH3 is 1. The molecular weight excluding hydrogens is 895 g/mol. The molecule has 0 radical (unpaired) electrons. The monoisotopic (exact) mass is 972 g/mol. The number of aliphatic hydroxyl groups excluding tert-OH is 2.